The molecule has 0 unspecified atom stereocenters. The minimum Gasteiger partial charge on any atom is -0.490 e. The number of non-ortho nitro benzene ring substituents is 1. The quantitative estimate of drug-likeness (QED) is 0.446. The van der Waals surface area contributed by atoms with Crippen molar-refractivity contribution in [2.75, 3.05) is 13.2 Å². The van der Waals surface area contributed by atoms with E-state index in [4.69, 9.17) is 9.47 Å². The number of rotatable bonds is 6. The molecule has 0 radical (unpaired) electrons. The van der Waals surface area contributed by atoms with E-state index >= 15 is 0 Å². The Morgan fingerprint density at radius 1 is 1.10 bits per heavy atom. The second kappa shape index (κ2) is 7.08. The van der Waals surface area contributed by atoms with E-state index < -0.39 is 4.92 Å². The number of hydrogen-bond donors (Lipinski definition) is 0. The summed E-state index contributed by atoms with van der Waals surface area (Å²) < 4.78 is 12.1. The molecule has 0 atom stereocenters. The van der Waals surface area contributed by atoms with Crippen molar-refractivity contribution in [1.82, 2.24) is 0 Å². The highest BCUT2D eigenvalue weighted by Crippen LogP contribution is 2.23. The van der Waals surface area contributed by atoms with Gasteiger partial charge in [0.15, 0.2) is 0 Å². The number of ether oxygens (including phenoxy) is 2. The van der Waals surface area contributed by atoms with Crippen LogP contribution < -0.4 is 9.47 Å². The van der Waals surface area contributed by atoms with E-state index in [9.17, 15) is 10.1 Å². The van der Waals surface area contributed by atoms with Gasteiger partial charge in [0.2, 0.25) is 0 Å². The molecule has 0 N–H and O–H groups in total. The molecule has 0 heterocycles. The van der Waals surface area contributed by atoms with Crippen LogP contribution in [0.15, 0.2) is 46.9 Å². The third-order valence-corrected chi connectivity index (χ3v) is 3.32. The molecule has 0 spiro atoms. The molecule has 0 amide bonds. The lowest BCUT2D eigenvalue weighted by atomic mass is 10.2. The molecule has 110 valence electrons. The maximum atomic E-state index is 10.6. The third kappa shape index (κ3) is 4.46. The summed E-state index contributed by atoms with van der Waals surface area (Å²) in [7, 11) is 0. The maximum Gasteiger partial charge on any atom is 0.269 e. The number of nitro benzene ring substituents is 1. The van der Waals surface area contributed by atoms with Gasteiger partial charge in [-0.2, -0.15) is 0 Å². The van der Waals surface area contributed by atoms with Gasteiger partial charge in [-0.15, -0.1) is 0 Å². The lowest BCUT2D eigenvalue weighted by Gasteiger charge is -2.10. The highest BCUT2D eigenvalue weighted by molar-refractivity contribution is 9.10. The van der Waals surface area contributed by atoms with Gasteiger partial charge in [0.05, 0.1) is 4.92 Å². The van der Waals surface area contributed by atoms with Crippen LogP contribution in [0.3, 0.4) is 0 Å². The van der Waals surface area contributed by atoms with E-state index in [1.165, 1.54) is 12.1 Å². The van der Waals surface area contributed by atoms with Crippen LogP contribution in [0.2, 0.25) is 0 Å². The van der Waals surface area contributed by atoms with E-state index in [1.807, 2.05) is 24.3 Å². The van der Waals surface area contributed by atoms with Crippen molar-refractivity contribution in [2.45, 2.75) is 6.92 Å². The predicted molar refractivity (Wildman–Crippen MR) is 83.0 cm³/mol. The summed E-state index contributed by atoms with van der Waals surface area (Å²) in [6.45, 7) is 2.55. The minimum absolute atomic E-state index is 0.0611. The molecule has 0 bridgehead atoms. The highest BCUT2D eigenvalue weighted by atomic mass is 79.9. The summed E-state index contributed by atoms with van der Waals surface area (Å²) >= 11 is 3.35. The summed E-state index contributed by atoms with van der Waals surface area (Å²) in [5, 5.41) is 10.6. The van der Waals surface area contributed by atoms with Crippen molar-refractivity contribution >= 4 is 21.6 Å². The second-order valence-electron chi connectivity index (χ2n) is 4.36. The first-order valence-electron chi connectivity index (χ1n) is 6.32. The SMILES string of the molecule is Cc1cc([N+](=O)[O-])ccc1OCCOc1ccc(Br)cc1. The average Bonchev–Trinajstić information content (AvgIpc) is 2.46. The molecule has 0 aliphatic heterocycles. The van der Waals surface area contributed by atoms with Gasteiger partial charge in [0, 0.05) is 16.6 Å². The molecule has 21 heavy (non-hydrogen) atoms. The van der Waals surface area contributed by atoms with Gasteiger partial charge < -0.3 is 9.47 Å². The smallest absolute Gasteiger partial charge is 0.269 e. The molecule has 0 fully saturated rings. The van der Waals surface area contributed by atoms with Crippen LogP contribution in [0.4, 0.5) is 5.69 Å². The monoisotopic (exact) mass is 351 g/mol. The minimum atomic E-state index is -0.423. The van der Waals surface area contributed by atoms with Gasteiger partial charge >= 0.3 is 0 Å². The van der Waals surface area contributed by atoms with Gasteiger partial charge in [0.1, 0.15) is 24.7 Å². The molecule has 6 heteroatoms. The van der Waals surface area contributed by atoms with Crippen LogP contribution in [0.1, 0.15) is 5.56 Å². The normalized spacial score (nSPS) is 10.2. The van der Waals surface area contributed by atoms with Crippen LogP contribution in [-0.4, -0.2) is 18.1 Å². The topological polar surface area (TPSA) is 61.6 Å². The molecular weight excluding hydrogens is 338 g/mol. The van der Waals surface area contributed by atoms with Gasteiger partial charge in [-0.25, -0.2) is 0 Å². The molecule has 5 nitrogen and oxygen atoms in total. The Labute approximate surface area is 130 Å². The lowest BCUT2D eigenvalue weighted by Crippen LogP contribution is -2.09. The summed E-state index contributed by atoms with van der Waals surface area (Å²) in [4.78, 5) is 10.2. The van der Waals surface area contributed by atoms with E-state index in [0.29, 0.717) is 19.0 Å². The molecular formula is C15H14BrNO4. The first kappa shape index (κ1) is 15.3. The molecule has 0 aliphatic rings. The molecule has 2 aromatic rings. The van der Waals surface area contributed by atoms with Crippen molar-refractivity contribution in [3.05, 3.63) is 62.6 Å². The van der Waals surface area contributed by atoms with E-state index in [2.05, 4.69) is 15.9 Å². The largest absolute Gasteiger partial charge is 0.490 e. The second-order valence-corrected chi connectivity index (χ2v) is 5.27. The van der Waals surface area contributed by atoms with Crippen LogP contribution in [0, 0.1) is 17.0 Å². The number of hydrogen-bond acceptors (Lipinski definition) is 4. The summed E-state index contributed by atoms with van der Waals surface area (Å²) in [5.41, 5.74) is 0.791. The Hall–Kier alpha value is -2.08. The summed E-state index contributed by atoms with van der Waals surface area (Å²) in [5.74, 6) is 1.39. The fourth-order valence-corrected chi connectivity index (χ4v) is 2.02. The van der Waals surface area contributed by atoms with Gasteiger partial charge in [-0.1, -0.05) is 15.9 Å². The first-order valence-corrected chi connectivity index (χ1v) is 7.12. The predicted octanol–water partition coefficient (Wildman–Crippen LogP) is 4.12. The number of halogens is 1. The fraction of sp³-hybridized carbons (Fsp3) is 0.200. The standard InChI is InChI=1S/C15H14BrNO4/c1-11-10-13(17(18)19)4-7-15(11)21-9-8-20-14-5-2-12(16)3-6-14/h2-7,10H,8-9H2,1H3. The average molecular weight is 352 g/mol. The van der Waals surface area contributed by atoms with Crippen molar-refractivity contribution in [2.24, 2.45) is 0 Å². The number of nitro groups is 1. The zero-order valence-corrected chi connectivity index (χ0v) is 13.0. The highest BCUT2D eigenvalue weighted by Gasteiger charge is 2.08. The van der Waals surface area contributed by atoms with Crippen molar-refractivity contribution in [3.8, 4) is 11.5 Å². The lowest BCUT2D eigenvalue weighted by molar-refractivity contribution is -0.384. The fourth-order valence-electron chi connectivity index (χ4n) is 1.75. The maximum absolute atomic E-state index is 10.6. The molecule has 0 saturated carbocycles. The van der Waals surface area contributed by atoms with Gasteiger partial charge in [0.25, 0.3) is 5.69 Å². The molecule has 2 rings (SSSR count). The first-order chi connectivity index (χ1) is 10.1. The van der Waals surface area contributed by atoms with Gasteiger partial charge in [-0.3, -0.25) is 10.1 Å². The Morgan fingerprint density at radius 2 is 1.76 bits per heavy atom. The Balaban J connectivity index is 1.83. The molecule has 0 aliphatic carbocycles. The van der Waals surface area contributed by atoms with E-state index in [-0.39, 0.29) is 5.69 Å². The van der Waals surface area contributed by atoms with E-state index in [0.717, 1.165) is 15.8 Å². The Kier molecular flexibility index (Phi) is 5.16. The Morgan fingerprint density at radius 3 is 2.38 bits per heavy atom. The third-order valence-electron chi connectivity index (χ3n) is 2.79. The number of aryl methyl sites for hydroxylation is 1. The van der Waals surface area contributed by atoms with Crippen molar-refractivity contribution < 1.29 is 14.4 Å². The molecule has 0 saturated heterocycles. The number of nitrogens with zero attached hydrogens (tertiary/aromatic N) is 1. The van der Waals surface area contributed by atoms with Crippen LogP contribution in [0.5, 0.6) is 11.5 Å². The van der Waals surface area contributed by atoms with Crippen LogP contribution in [-0.2, 0) is 0 Å². The zero-order chi connectivity index (χ0) is 15.2. The number of benzene rings is 2. The zero-order valence-electron chi connectivity index (χ0n) is 11.4. The molecule has 2 aromatic carbocycles. The van der Waals surface area contributed by atoms with E-state index in [1.54, 1.807) is 13.0 Å². The van der Waals surface area contributed by atoms with Crippen LogP contribution in [0.25, 0.3) is 0 Å². The van der Waals surface area contributed by atoms with Gasteiger partial charge in [-0.05, 0) is 42.8 Å². The molecule has 0 aromatic heterocycles. The van der Waals surface area contributed by atoms with Crippen molar-refractivity contribution in [1.29, 1.82) is 0 Å². The van der Waals surface area contributed by atoms with Crippen molar-refractivity contribution in [3.63, 3.8) is 0 Å². The van der Waals surface area contributed by atoms with Crippen LogP contribution >= 0.6 is 15.9 Å². The summed E-state index contributed by atoms with van der Waals surface area (Å²) in [6.07, 6.45) is 0. The Bertz CT molecular complexity index is 628. The summed E-state index contributed by atoms with van der Waals surface area (Å²) in [6, 6.07) is 12.0.